The van der Waals surface area contributed by atoms with Gasteiger partial charge in [0.15, 0.2) is 0 Å². The van der Waals surface area contributed by atoms with Crippen molar-refractivity contribution in [2.45, 2.75) is 30.8 Å². The SMILES string of the molecule is CC(=O)Nc1ccc(S(=O)(=O)N(Cc2ccco2)C2CC(=O)N(c3ccc(Br)cc3)C2=O)cc1. The minimum atomic E-state index is -4.22. The highest BCUT2D eigenvalue weighted by Gasteiger charge is 2.47. The van der Waals surface area contributed by atoms with Crippen LogP contribution in [0.15, 0.2) is 80.7 Å². The van der Waals surface area contributed by atoms with Crippen molar-refractivity contribution in [3.8, 4) is 0 Å². The van der Waals surface area contributed by atoms with Crippen molar-refractivity contribution in [1.82, 2.24) is 4.31 Å². The van der Waals surface area contributed by atoms with E-state index in [0.29, 0.717) is 17.1 Å². The molecule has 1 unspecified atom stereocenters. The Hall–Kier alpha value is -3.28. The van der Waals surface area contributed by atoms with Crippen LogP contribution in [-0.4, -0.2) is 36.5 Å². The number of hydrogen-bond acceptors (Lipinski definition) is 6. The fraction of sp³-hybridized carbons (Fsp3) is 0.174. The zero-order valence-corrected chi connectivity index (χ0v) is 20.4. The molecule has 1 aliphatic heterocycles. The summed E-state index contributed by atoms with van der Waals surface area (Å²) in [7, 11) is -4.22. The molecule has 0 saturated carbocycles. The Bertz CT molecular complexity index is 1320. The lowest BCUT2D eigenvalue weighted by Crippen LogP contribution is -2.45. The van der Waals surface area contributed by atoms with Crippen LogP contribution < -0.4 is 10.2 Å². The zero-order chi connectivity index (χ0) is 24.5. The summed E-state index contributed by atoms with van der Waals surface area (Å²) >= 11 is 3.31. The van der Waals surface area contributed by atoms with Gasteiger partial charge in [-0.2, -0.15) is 4.31 Å². The smallest absolute Gasteiger partial charge is 0.252 e. The zero-order valence-electron chi connectivity index (χ0n) is 18.0. The highest BCUT2D eigenvalue weighted by atomic mass is 79.9. The van der Waals surface area contributed by atoms with E-state index in [1.54, 1.807) is 36.4 Å². The van der Waals surface area contributed by atoms with Crippen LogP contribution in [0.25, 0.3) is 0 Å². The number of carbonyl (C=O) groups is 3. The first-order valence-corrected chi connectivity index (χ1v) is 12.4. The van der Waals surface area contributed by atoms with Gasteiger partial charge >= 0.3 is 0 Å². The first-order valence-electron chi connectivity index (χ1n) is 10.2. The molecular weight excluding hydrogens is 526 g/mol. The monoisotopic (exact) mass is 545 g/mol. The third kappa shape index (κ3) is 4.81. The van der Waals surface area contributed by atoms with Crippen LogP contribution in [0, 0.1) is 0 Å². The molecule has 1 aromatic heterocycles. The summed E-state index contributed by atoms with van der Waals surface area (Å²) in [6.45, 7) is 1.11. The Morgan fingerprint density at radius 2 is 1.79 bits per heavy atom. The number of sulfonamides is 1. The molecule has 0 bridgehead atoms. The summed E-state index contributed by atoms with van der Waals surface area (Å²) in [5, 5.41) is 2.57. The van der Waals surface area contributed by atoms with Gasteiger partial charge in [-0.3, -0.25) is 14.4 Å². The van der Waals surface area contributed by atoms with Crippen LogP contribution in [0.4, 0.5) is 11.4 Å². The lowest BCUT2D eigenvalue weighted by molar-refractivity contribution is -0.122. The quantitative estimate of drug-likeness (QED) is 0.454. The highest BCUT2D eigenvalue weighted by molar-refractivity contribution is 9.10. The standard InChI is InChI=1S/C23H20BrN3O6S/c1-15(28)25-17-6-10-20(11-7-17)34(31,32)26(14-19-3-2-12-33-19)21-13-22(29)27(23(21)30)18-8-4-16(24)5-9-18/h2-12,21H,13-14H2,1H3,(H,25,28). The number of carbonyl (C=O) groups excluding carboxylic acids is 3. The van der Waals surface area contributed by atoms with Crippen molar-refractivity contribution < 1.29 is 27.2 Å². The largest absolute Gasteiger partial charge is 0.468 e. The third-order valence-electron chi connectivity index (χ3n) is 5.23. The second kappa shape index (κ2) is 9.53. The molecule has 1 aliphatic rings. The molecule has 176 valence electrons. The van der Waals surface area contributed by atoms with E-state index in [0.717, 1.165) is 13.7 Å². The number of benzene rings is 2. The van der Waals surface area contributed by atoms with Crippen LogP contribution in [0.2, 0.25) is 0 Å². The van der Waals surface area contributed by atoms with Crippen LogP contribution in [0.3, 0.4) is 0 Å². The molecule has 0 radical (unpaired) electrons. The fourth-order valence-electron chi connectivity index (χ4n) is 3.67. The molecule has 3 amide bonds. The molecule has 2 heterocycles. The van der Waals surface area contributed by atoms with Gasteiger partial charge in [0.2, 0.25) is 21.8 Å². The summed E-state index contributed by atoms with van der Waals surface area (Å²) in [6, 6.07) is 14.1. The Morgan fingerprint density at radius 1 is 1.12 bits per heavy atom. The molecule has 4 rings (SSSR count). The number of nitrogens with one attached hydrogen (secondary N) is 1. The van der Waals surface area contributed by atoms with E-state index in [4.69, 9.17) is 4.42 Å². The summed E-state index contributed by atoms with van der Waals surface area (Å²) in [4.78, 5) is 38.3. The van der Waals surface area contributed by atoms with Gasteiger partial charge in [-0.05, 0) is 60.7 Å². The molecule has 1 saturated heterocycles. The Kier molecular flexibility index (Phi) is 6.69. The maximum atomic E-state index is 13.6. The maximum absolute atomic E-state index is 13.6. The summed E-state index contributed by atoms with van der Waals surface area (Å²) < 4.78 is 34.4. The lowest BCUT2D eigenvalue weighted by Gasteiger charge is -2.26. The lowest BCUT2D eigenvalue weighted by atomic mass is 10.2. The van der Waals surface area contributed by atoms with Crippen LogP contribution in [0.1, 0.15) is 19.1 Å². The minimum Gasteiger partial charge on any atom is -0.468 e. The molecule has 0 aliphatic carbocycles. The molecule has 1 fully saturated rings. The molecule has 3 aromatic rings. The molecule has 9 nitrogen and oxygen atoms in total. The van der Waals surface area contributed by atoms with Crippen molar-refractivity contribution in [3.63, 3.8) is 0 Å². The molecule has 1 N–H and O–H groups in total. The third-order valence-corrected chi connectivity index (χ3v) is 7.63. The molecule has 1 atom stereocenters. The first-order chi connectivity index (χ1) is 16.2. The number of imide groups is 1. The average molecular weight is 546 g/mol. The van der Waals surface area contributed by atoms with Crippen molar-refractivity contribution in [2.75, 3.05) is 10.2 Å². The van der Waals surface area contributed by atoms with Gasteiger partial charge < -0.3 is 9.73 Å². The molecule has 11 heteroatoms. The predicted octanol–water partition coefficient (Wildman–Crippen LogP) is 3.52. The van der Waals surface area contributed by atoms with Crippen molar-refractivity contribution >= 4 is 55.0 Å². The summed E-state index contributed by atoms with van der Waals surface area (Å²) in [6.07, 6.45) is 1.09. The van der Waals surface area contributed by atoms with E-state index in [9.17, 15) is 22.8 Å². The highest BCUT2D eigenvalue weighted by Crippen LogP contribution is 2.31. The fourth-order valence-corrected chi connectivity index (χ4v) is 5.48. The van der Waals surface area contributed by atoms with E-state index in [1.807, 2.05) is 0 Å². The van der Waals surface area contributed by atoms with Crippen LogP contribution in [0.5, 0.6) is 0 Å². The maximum Gasteiger partial charge on any atom is 0.252 e. The van der Waals surface area contributed by atoms with Crippen LogP contribution in [-0.2, 0) is 31.0 Å². The predicted molar refractivity (Wildman–Crippen MR) is 127 cm³/mol. The second-order valence-corrected chi connectivity index (χ2v) is 10.4. The topological polar surface area (TPSA) is 117 Å². The van der Waals surface area contributed by atoms with Gasteiger partial charge in [0.25, 0.3) is 5.91 Å². The Labute approximate surface area is 204 Å². The second-order valence-electron chi connectivity index (χ2n) is 7.60. The van der Waals surface area contributed by atoms with Crippen molar-refractivity contribution in [3.05, 3.63) is 77.2 Å². The average Bonchev–Trinajstić information content (AvgIpc) is 3.40. The van der Waals surface area contributed by atoms with E-state index in [1.165, 1.54) is 37.5 Å². The molecule has 34 heavy (non-hydrogen) atoms. The van der Waals surface area contributed by atoms with E-state index < -0.39 is 27.9 Å². The minimum absolute atomic E-state index is 0.0875. The van der Waals surface area contributed by atoms with Crippen molar-refractivity contribution in [1.29, 1.82) is 0 Å². The van der Waals surface area contributed by atoms with E-state index >= 15 is 0 Å². The van der Waals surface area contributed by atoms with Crippen molar-refractivity contribution in [2.24, 2.45) is 0 Å². The number of furan rings is 1. The number of nitrogens with zero attached hydrogens (tertiary/aromatic N) is 2. The van der Waals surface area contributed by atoms with Crippen LogP contribution >= 0.6 is 15.9 Å². The van der Waals surface area contributed by atoms with Gasteiger partial charge in [0, 0.05) is 17.1 Å². The number of halogens is 1. The Morgan fingerprint density at radius 3 is 2.38 bits per heavy atom. The van der Waals surface area contributed by atoms with Gasteiger partial charge in [0.05, 0.1) is 29.8 Å². The normalized spacial score (nSPS) is 16.3. The molecular formula is C23H20BrN3O6S. The van der Waals surface area contributed by atoms with Gasteiger partial charge in [-0.1, -0.05) is 15.9 Å². The van der Waals surface area contributed by atoms with E-state index in [2.05, 4.69) is 21.2 Å². The number of rotatable bonds is 7. The number of amides is 3. The summed E-state index contributed by atoms with van der Waals surface area (Å²) in [5.74, 6) is -1.12. The first kappa shape index (κ1) is 23.9. The van der Waals surface area contributed by atoms with Gasteiger partial charge in [-0.25, -0.2) is 13.3 Å². The Balaban J connectivity index is 1.70. The molecule has 2 aromatic carbocycles. The molecule has 0 spiro atoms. The number of hydrogen-bond donors (Lipinski definition) is 1. The number of anilines is 2. The van der Waals surface area contributed by atoms with E-state index in [-0.39, 0.29) is 23.8 Å². The van der Waals surface area contributed by atoms with Gasteiger partial charge in [-0.15, -0.1) is 0 Å². The van der Waals surface area contributed by atoms with Gasteiger partial charge in [0.1, 0.15) is 11.8 Å². The summed E-state index contributed by atoms with van der Waals surface area (Å²) in [5.41, 5.74) is 0.785.